The van der Waals surface area contributed by atoms with E-state index in [1.54, 1.807) is 12.1 Å². The van der Waals surface area contributed by atoms with E-state index >= 15 is 0 Å². The predicted molar refractivity (Wildman–Crippen MR) is 73.6 cm³/mol. The lowest BCUT2D eigenvalue weighted by atomic mass is 10.1. The Labute approximate surface area is 117 Å². The van der Waals surface area contributed by atoms with Gasteiger partial charge in [-0.25, -0.2) is 9.78 Å². The number of nitrogens with zero attached hydrogens (tertiary/aromatic N) is 3. The van der Waals surface area contributed by atoms with E-state index in [0.717, 1.165) is 17.2 Å². The lowest BCUT2D eigenvalue weighted by Gasteiger charge is -2.01. The quantitative estimate of drug-likeness (QED) is 0.799. The van der Waals surface area contributed by atoms with E-state index in [-0.39, 0.29) is 5.97 Å². The van der Waals surface area contributed by atoms with Gasteiger partial charge in [0.1, 0.15) is 5.82 Å². The molecule has 1 heterocycles. The van der Waals surface area contributed by atoms with Crippen LogP contribution < -0.4 is 0 Å². The number of esters is 1. The summed E-state index contributed by atoms with van der Waals surface area (Å²) in [6.07, 6.45) is 3.13. The average molecular weight is 271 g/mol. The van der Waals surface area contributed by atoms with Gasteiger partial charge in [-0.2, -0.15) is 5.10 Å². The Morgan fingerprint density at radius 2 is 2.05 bits per heavy atom. The molecule has 3 rings (SSSR count). The normalized spacial score (nSPS) is 14.3. The van der Waals surface area contributed by atoms with Gasteiger partial charge in [-0.3, -0.25) is 4.68 Å². The number of hydrogen-bond acceptors (Lipinski definition) is 4. The van der Waals surface area contributed by atoms with Crippen molar-refractivity contribution in [3.63, 3.8) is 0 Å². The fourth-order valence-electron chi connectivity index (χ4n) is 2.28. The van der Waals surface area contributed by atoms with Crippen molar-refractivity contribution in [3.8, 4) is 0 Å². The van der Waals surface area contributed by atoms with Gasteiger partial charge in [0.25, 0.3) is 0 Å². The minimum atomic E-state index is -0.316. The molecule has 0 unspecified atom stereocenters. The first kappa shape index (κ1) is 12.8. The van der Waals surface area contributed by atoms with Crippen LogP contribution in [0.25, 0.3) is 0 Å². The minimum Gasteiger partial charge on any atom is -0.465 e. The average Bonchev–Trinajstić information content (AvgIpc) is 3.23. The predicted octanol–water partition coefficient (Wildman–Crippen LogP) is 2.07. The third-order valence-corrected chi connectivity index (χ3v) is 3.52. The Balaban J connectivity index is 1.74. The summed E-state index contributed by atoms with van der Waals surface area (Å²) in [4.78, 5) is 16.0. The zero-order valence-corrected chi connectivity index (χ0v) is 11.7. The summed E-state index contributed by atoms with van der Waals surface area (Å²) in [7, 11) is 3.33. The number of aromatic nitrogens is 3. The molecule has 0 atom stereocenters. The lowest BCUT2D eigenvalue weighted by molar-refractivity contribution is 0.0600. The van der Waals surface area contributed by atoms with Gasteiger partial charge in [-0.15, -0.1) is 0 Å². The second-order valence-electron chi connectivity index (χ2n) is 5.15. The van der Waals surface area contributed by atoms with Crippen molar-refractivity contribution in [3.05, 3.63) is 47.0 Å². The van der Waals surface area contributed by atoms with E-state index in [1.807, 2.05) is 23.9 Å². The van der Waals surface area contributed by atoms with E-state index in [4.69, 9.17) is 0 Å². The summed E-state index contributed by atoms with van der Waals surface area (Å²) in [5, 5.41) is 4.45. The molecule has 0 spiro atoms. The SMILES string of the molecule is COC(=O)c1ccc(Cc2nc(C3CC3)n(C)n2)cc1. The van der Waals surface area contributed by atoms with Gasteiger partial charge in [0.05, 0.1) is 12.7 Å². The van der Waals surface area contributed by atoms with Gasteiger partial charge in [-0.05, 0) is 30.5 Å². The van der Waals surface area contributed by atoms with Crippen LogP contribution in [-0.4, -0.2) is 27.8 Å². The molecular formula is C15H17N3O2. The van der Waals surface area contributed by atoms with Gasteiger partial charge in [-0.1, -0.05) is 12.1 Å². The second kappa shape index (κ2) is 5.07. The molecule has 0 bridgehead atoms. The molecule has 0 radical (unpaired) electrons. The molecule has 1 aliphatic carbocycles. The number of benzene rings is 1. The molecule has 0 amide bonds. The Hall–Kier alpha value is -2.17. The van der Waals surface area contributed by atoms with Crippen molar-refractivity contribution in [2.45, 2.75) is 25.2 Å². The largest absolute Gasteiger partial charge is 0.465 e. The number of carbonyl (C=O) groups excluding carboxylic acids is 1. The molecule has 20 heavy (non-hydrogen) atoms. The van der Waals surface area contributed by atoms with Crippen LogP contribution in [-0.2, 0) is 18.2 Å². The Bertz CT molecular complexity index is 627. The maximum atomic E-state index is 11.4. The summed E-state index contributed by atoms with van der Waals surface area (Å²) in [6.45, 7) is 0. The number of methoxy groups -OCH3 is 1. The topological polar surface area (TPSA) is 57.0 Å². The summed E-state index contributed by atoms with van der Waals surface area (Å²) in [5.74, 6) is 2.21. The van der Waals surface area contributed by atoms with Crippen molar-refractivity contribution >= 4 is 5.97 Å². The van der Waals surface area contributed by atoms with Crippen molar-refractivity contribution in [2.75, 3.05) is 7.11 Å². The Morgan fingerprint density at radius 3 is 2.65 bits per heavy atom. The van der Waals surface area contributed by atoms with E-state index < -0.39 is 0 Å². The van der Waals surface area contributed by atoms with Crippen LogP contribution in [0.3, 0.4) is 0 Å². The van der Waals surface area contributed by atoms with Crippen LogP contribution in [0.2, 0.25) is 0 Å². The van der Waals surface area contributed by atoms with Crippen LogP contribution in [0.5, 0.6) is 0 Å². The summed E-state index contributed by atoms with van der Waals surface area (Å²) in [6, 6.07) is 7.37. The summed E-state index contributed by atoms with van der Waals surface area (Å²) >= 11 is 0. The Morgan fingerprint density at radius 1 is 1.35 bits per heavy atom. The molecule has 1 fully saturated rings. The molecule has 104 valence electrons. The fraction of sp³-hybridized carbons (Fsp3) is 0.400. The zero-order valence-electron chi connectivity index (χ0n) is 11.7. The molecular weight excluding hydrogens is 254 g/mol. The first-order chi connectivity index (χ1) is 9.67. The van der Waals surface area contributed by atoms with Gasteiger partial charge >= 0.3 is 5.97 Å². The highest BCUT2D eigenvalue weighted by Crippen LogP contribution is 2.38. The second-order valence-corrected chi connectivity index (χ2v) is 5.15. The summed E-state index contributed by atoms with van der Waals surface area (Å²) in [5.41, 5.74) is 1.65. The van der Waals surface area contributed by atoms with Crippen LogP contribution in [0.1, 0.15) is 46.3 Å². The monoisotopic (exact) mass is 271 g/mol. The fourth-order valence-corrected chi connectivity index (χ4v) is 2.28. The number of aryl methyl sites for hydroxylation is 1. The van der Waals surface area contributed by atoms with E-state index in [1.165, 1.54) is 20.0 Å². The van der Waals surface area contributed by atoms with E-state index in [9.17, 15) is 4.79 Å². The van der Waals surface area contributed by atoms with Crippen LogP contribution in [0, 0.1) is 0 Å². The molecule has 0 N–H and O–H groups in total. The van der Waals surface area contributed by atoms with Gasteiger partial charge < -0.3 is 4.74 Å². The molecule has 1 aromatic heterocycles. The minimum absolute atomic E-state index is 0.316. The highest BCUT2D eigenvalue weighted by atomic mass is 16.5. The van der Waals surface area contributed by atoms with Gasteiger partial charge in [0, 0.05) is 19.4 Å². The number of rotatable bonds is 4. The number of hydrogen-bond donors (Lipinski definition) is 0. The van der Waals surface area contributed by atoms with Gasteiger partial charge in [0.15, 0.2) is 5.82 Å². The first-order valence-electron chi connectivity index (χ1n) is 6.74. The summed E-state index contributed by atoms with van der Waals surface area (Å²) < 4.78 is 6.56. The Kier molecular flexibility index (Phi) is 3.26. The third-order valence-electron chi connectivity index (χ3n) is 3.52. The van der Waals surface area contributed by atoms with Crippen molar-refractivity contribution < 1.29 is 9.53 Å². The molecule has 5 nitrogen and oxygen atoms in total. The molecule has 0 aliphatic heterocycles. The standard InChI is InChI=1S/C15H17N3O2/c1-18-14(11-7-8-11)16-13(17-18)9-10-3-5-12(6-4-10)15(19)20-2/h3-6,11H,7-9H2,1-2H3. The highest BCUT2D eigenvalue weighted by Gasteiger charge is 2.28. The lowest BCUT2D eigenvalue weighted by Crippen LogP contribution is -2.01. The maximum Gasteiger partial charge on any atom is 0.337 e. The van der Waals surface area contributed by atoms with Crippen LogP contribution >= 0.6 is 0 Å². The van der Waals surface area contributed by atoms with Crippen molar-refractivity contribution in [2.24, 2.45) is 7.05 Å². The molecule has 0 saturated heterocycles. The molecule has 2 aromatic rings. The molecule has 5 heteroatoms. The molecule has 1 aromatic carbocycles. The zero-order chi connectivity index (χ0) is 14.1. The number of ether oxygens (including phenoxy) is 1. The van der Waals surface area contributed by atoms with E-state index in [0.29, 0.717) is 17.9 Å². The first-order valence-corrected chi connectivity index (χ1v) is 6.74. The van der Waals surface area contributed by atoms with Crippen molar-refractivity contribution in [1.29, 1.82) is 0 Å². The number of carbonyl (C=O) groups is 1. The maximum absolute atomic E-state index is 11.4. The molecule has 1 saturated carbocycles. The van der Waals surface area contributed by atoms with Crippen LogP contribution in [0.15, 0.2) is 24.3 Å². The van der Waals surface area contributed by atoms with Gasteiger partial charge in [0.2, 0.25) is 0 Å². The smallest absolute Gasteiger partial charge is 0.337 e. The highest BCUT2D eigenvalue weighted by molar-refractivity contribution is 5.89. The molecule has 1 aliphatic rings. The van der Waals surface area contributed by atoms with Crippen molar-refractivity contribution in [1.82, 2.24) is 14.8 Å². The third kappa shape index (κ3) is 2.57. The van der Waals surface area contributed by atoms with Crippen LogP contribution in [0.4, 0.5) is 0 Å². The van der Waals surface area contributed by atoms with E-state index in [2.05, 4.69) is 14.8 Å².